The molecule has 2 rings (SSSR count). The summed E-state index contributed by atoms with van der Waals surface area (Å²) in [5.74, 6) is 0.623. The van der Waals surface area contributed by atoms with Crippen molar-refractivity contribution in [3.63, 3.8) is 0 Å². The minimum Gasteiger partial charge on any atom is -0.494 e. The second-order valence-corrected chi connectivity index (χ2v) is 5.46. The van der Waals surface area contributed by atoms with Crippen LogP contribution in [0.25, 0.3) is 0 Å². The number of benzene rings is 1. The Labute approximate surface area is 131 Å². The highest BCUT2D eigenvalue weighted by Gasteiger charge is 2.15. The van der Waals surface area contributed by atoms with E-state index in [0.29, 0.717) is 13.2 Å². The van der Waals surface area contributed by atoms with E-state index in [-0.39, 0.29) is 11.8 Å². The average Bonchev–Trinajstić information content (AvgIpc) is 2.79. The summed E-state index contributed by atoms with van der Waals surface area (Å²) >= 11 is 0. The molecule has 0 saturated carbocycles. The van der Waals surface area contributed by atoms with Crippen LogP contribution in [0.1, 0.15) is 25.2 Å². The summed E-state index contributed by atoms with van der Waals surface area (Å²) in [5.41, 5.74) is 2.81. The summed E-state index contributed by atoms with van der Waals surface area (Å²) in [6.45, 7) is 9.00. The highest BCUT2D eigenvalue weighted by atomic mass is 16.5. The molecule has 0 saturated heterocycles. The van der Waals surface area contributed by atoms with E-state index in [0.717, 1.165) is 22.8 Å². The maximum Gasteiger partial charge on any atom is 0.229 e. The fourth-order valence-electron chi connectivity index (χ4n) is 2.27. The van der Waals surface area contributed by atoms with Gasteiger partial charge in [-0.15, -0.1) is 0 Å². The highest BCUT2D eigenvalue weighted by Crippen LogP contribution is 2.17. The fourth-order valence-corrected chi connectivity index (χ4v) is 2.27. The molecule has 1 N–H and O–H groups in total. The van der Waals surface area contributed by atoms with Crippen LogP contribution in [-0.4, -0.2) is 22.3 Å². The number of anilines is 1. The Hall–Kier alpha value is -2.30. The molecule has 0 aliphatic carbocycles. The molecule has 1 heterocycles. The van der Waals surface area contributed by atoms with Gasteiger partial charge in [0.25, 0.3) is 0 Å². The largest absolute Gasteiger partial charge is 0.494 e. The minimum atomic E-state index is -0.162. The van der Waals surface area contributed by atoms with Crippen molar-refractivity contribution < 1.29 is 9.53 Å². The summed E-state index contributed by atoms with van der Waals surface area (Å²) in [6, 6.07) is 9.41. The molecular formula is C17H23N3O2. The van der Waals surface area contributed by atoms with Gasteiger partial charge in [0.2, 0.25) is 5.91 Å². The Morgan fingerprint density at radius 3 is 2.55 bits per heavy atom. The fraction of sp³-hybridized carbons (Fsp3) is 0.412. The molecule has 2 aromatic rings. The van der Waals surface area contributed by atoms with Gasteiger partial charge < -0.3 is 10.1 Å². The van der Waals surface area contributed by atoms with Gasteiger partial charge in [-0.05, 0) is 51.1 Å². The zero-order valence-corrected chi connectivity index (χ0v) is 13.6. The molecule has 0 radical (unpaired) electrons. The molecule has 1 aromatic carbocycles. The van der Waals surface area contributed by atoms with Crippen molar-refractivity contribution in [3.05, 3.63) is 41.7 Å². The Kier molecular flexibility index (Phi) is 5.20. The first kappa shape index (κ1) is 16.1. The SMILES string of the molecule is CCOc1ccc(NC(=O)[C@@H](C)Cn2nc(C)cc2C)cc1. The van der Waals surface area contributed by atoms with Gasteiger partial charge in [-0.25, -0.2) is 0 Å². The maximum absolute atomic E-state index is 12.3. The van der Waals surface area contributed by atoms with E-state index in [1.165, 1.54) is 0 Å². The number of carbonyl (C=O) groups excluding carboxylic acids is 1. The normalized spacial score (nSPS) is 12.0. The molecule has 22 heavy (non-hydrogen) atoms. The van der Waals surface area contributed by atoms with Crippen LogP contribution in [-0.2, 0) is 11.3 Å². The van der Waals surface area contributed by atoms with Gasteiger partial charge in [0, 0.05) is 11.4 Å². The smallest absolute Gasteiger partial charge is 0.229 e. The molecule has 0 bridgehead atoms. The van der Waals surface area contributed by atoms with Gasteiger partial charge in [-0.2, -0.15) is 5.10 Å². The molecule has 5 nitrogen and oxygen atoms in total. The summed E-state index contributed by atoms with van der Waals surface area (Å²) in [5, 5.41) is 7.31. The Morgan fingerprint density at radius 1 is 1.32 bits per heavy atom. The van der Waals surface area contributed by atoms with Crippen LogP contribution < -0.4 is 10.1 Å². The molecule has 0 spiro atoms. The molecule has 1 aromatic heterocycles. The van der Waals surface area contributed by atoms with Crippen LogP contribution in [0.2, 0.25) is 0 Å². The molecule has 0 fully saturated rings. The van der Waals surface area contributed by atoms with Crippen LogP contribution in [0.3, 0.4) is 0 Å². The third-order valence-corrected chi connectivity index (χ3v) is 3.43. The Balaban J connectivity index is 1.94. The van der Waals surface area contributed by atoms with Gasteiger partial charge in [-0.1, -0.05) is 6.92 Å². The molecule has 118 valence electrons. The second-order valence-electron chi connectivity index (χ2n) is 5.46. The number of aryl methyl sites for hydroxylation is 2. The van der Waals surface area contributed by atoms with Crippen molar-refractivity contribution in [1.82, 2.24) is 9.78 Å². The van der Waals surface area contributed by atoms with Gasteiger partial charge in [0.05, 0.1) is 24.8 Å². The van der Waals surface area contributed by atoms with Crippen molar-refractivity contribution >= 4 is 11.6 Å². The standard InChI is InChI=1S/C17H23N3O2/c1-5-22-16-8-6-15(7-9-16)18-17(21)12(2)11-20-14(4)10-13(3)19-20/h6-10,12H,5,11H2,1-4H3,(H,18,21)/t12-/m0/s1. The summed E-state index contributed by atoms with van der Waals surface area (Å²) < 4.78 is 7.26. The number of nitrogens with zero attached hydrogens (tertiary/aromatic N) is 2. The summed E-state index contributed by atoms with van der Waals surface area (Å²) in [6.07, 6.45) is 0. The minimum absolute atomic E-state index is 0.0169. The lowest BCUT2D eigenvalue weighted by Gasteiger charge is -2.14. The van der Waals surface area contributed by atoms with Crippen LogP contribution in [0.15, 0.2) is 30.3 Å². The van der Waals surface area contributed by atoms with E-state index in [1.807, 2.05) is 62.7 Å². The van der Waals surface area contributed by atoms with Gasteiger partial charge >= 0.3 is 0 Å². The monoisotopic (exact) mass is 301 g/mol. The van der Waals surface area contributed by atoms with E-state index in [9.17, 15) is 4.79 Å². The number of aromatic nitrogens is 2. The van der Waals surface area contributed by atoms with E-state index < -0.39 is 0 Å². The van der Waals surface area contributed by atoms with Crippen LogP contribution in [0, 0.1) is 19.8 Å². The predicted molar refractivity (Wildman–Crippen MR) is 87.1 cm³/mol. The van der Waals surface area contributed by atoms with Crippen molar-refractivity contribution in [2.24, 2.45) is 5.92 Å². The number of hydrogen-bond donors (Lipinski definition) is 1. The highest BCUT2D eigenvalue weighted by molar-refractivity contribution is 5.92. The van der Waals surface area contributed by atoms with Crippen molar-refractivity contribution in [1.29, 1.82) is 0 Å². The quantitative estimate of drug-likeness (QED) is 0.891. The summed E-state index contributed by atoms with van der Waals surface area (Å²) in [7, 11) is 0. The van der Waals surface area contributed by atoms with E-state index in [2.05, 4.69) is 10.4 Å². The first-order valence-corrected chi connectivity index (χ1v) is 7.54. The van der Waals surface area contributed by atoms with Crippen molar-refractivity contribution in [3.8, 4) is 5.75 Å². The van der Waals surface area contributed by atoms with E-state index in [4.69, 9.17) is 4.74 Å². The Morgan fingerprint density at radius 2 is 2.00 bits per heavy atom. The van der Waals surface area contributed by atoms with E-state index >= 15 is 0 Å². The maximum atomic E-state index is 12.3. The lowest BCUT2D eigenvalue weighted by Crippen LogP contribution is -2.25. The van der Waals surface area contributed by atoms with E-state index in [1.54, 1.807) is 0 Å². The zero-order chi connectivity index (χ0) is 16.1. The number of carbonyl (C=O) groups is 1. The molecule has 1 amide bonds. The molecule has 0 aliphatic heterocycles. The van der Waals surface area contributed by atoms with Crippen molar-refractivity contribution in [2.75, 3.05) is 11.9 Å². The lowest BCUT2D eigenvalue weighted by atomic mass is 10.1. The van der Waals surface area contributed by atoms with Crippen LogP contribution >= 0.6 is 0 Å². The van der Waals surface area contributed by atoms with Gasteiger partial charge in [0.1, 0.15) is 5.75 Å². The van der Waals surface area contributed by atoms with Crippen LogP contribution in [0.5, 0.6) is 5.75 Å². The lowest BCUT2D eigenvalue weighted by molar-refractivity contribution is -0.119. The third-order valence-electron chi connectivity index (χ3n) is 3.43. The first-order chi connectivity index (χ1) is 10.5. The molecule has 0 unspecified atom stereocenters. The molecule has 1 atom stereocenters. The van der Waals surface area contributed by atoms with Gasteiger partial charge in [-0.3, -0.25) is 9.48 Å². The summed E-state index contributed by atoms with van der Waals surface area (Å²) in [4.78, 5) is 12.3. The topological polar surface area (TPSA) is 56.1 Å². The number of ether oxygens (including phenoxy) is 1. The zero-order valence-electron chi connectivity index (χ0n) is 13.6. The third kappa shape index (κ3) is 4.10. The molecule has 0 aliphatic rings. The van der Waals surface area contributed by atoms with Gasteiger partial charge in [0.15, 0.2) is 0 Å². The van der Waals surface area contributed by atoms with Crippen LogP contribution in [0.4, 0.5) is 5.69 Å². The number of amides is 1. The Bertz CT molecular complexity index is 632. The number of nitrogens with one attached hydrogen (secondary N) is 1. The average molecular weight is 301 g/mol. The molecular weight excluding hydrogens is 278 g/mol. The first-order valence-electron chi connectivity index (χ1n) is 7.54. The second kappa shape index (κ2) is 7.11. The number of hydrogen-bond acceptors (Lipinski definition) is 3. The van der Waals surface area contributed by atoms with Crippen molar-refractivity contribution in [2.45, 2.75) is 34.2 Å². The predicted octanol–water partition coefficient (Wildman–Crippen LogP) is 3.17. The number of rotatable bonds is 6. The molecule has 5 heteroatoms.